The number of aromatic nitrogens is 2. The minimum atomic E-state index is -2.74. The number of carbonyl (C=O) groups is 1. The summed E-state index contributed by atoms with van der Waals surface area (Å²) in [4.78, 5) is 24.7. The van der Waals surface area contributed by atoms with Crippen molar-refractivity contribution >= 4 is 5.91 Å². The van der Waals surface area contributed by atoms with Crippen molar-refractivity contribution in [1.82, 2.24) is 25.1 Å². The number of halogens is 2. The van der Waals surface area contributed by atoms with E-state index in [1.54, 1.807) is 13.3 Å². The Labute approximate surface area is 150 Å². The SMILES string of the molecule is COc1ncc2c(n1)CCN([C@@H]1CN[C@H](C(=O)N3CCC(F)(F)C3)C1)C2. The minimum absolute atomic E-state index is 0.144. The van der Waals surface area contributed by atoms with Gasteiger partial charge in [-0.25, -0.2) is 13.8 Å². The summed E-state index contributed by atoms with van der Waals surface area (Å²) in [6.07, 6.45) is 3.01. The lowest BCUT2D eigenvalue weighted by atomic mass is 10.0. The van der Waals surface area contributed by atoms with E-state index < -0.39 is 12.5 Å². The number of likely N-dealkylation sites (tertiary alicyclic amines) is 1. The molecule has 26 heavy (non-hydrogen) atoms. The van der Waals surface area contributed by atoms with Gasteiger partial charge in [0.25, 0.3) is 5.92 Å². The third-order valence-corrected chi connectivity index (χ3v) is 5.53. The summed E-state index contributed by atoms with van der Waals surface area (Å²) in [6, 6.07) is 0.220. The normalized spacial score (nSPS) is 28.2. The van der Waals surface area contributed by atoms with Crippen molar-refractivity contribution in [2.75, 3.05) is 33.3 Å². The fourth-order valence-corrected chi connectivity index (χ4v) is 4.06. The quantitative estimate of drug-likeness (QED) is 0.836. The average Bonchev–Trinajstić information content (AvgIpc) is 3.27. The molecule has 0 spiro atoms. The van der Waals surface area contributed by atoms with Gasteiger partial charge in [0.2, 0.25) is 5.91 Å². The zero-order chi connectivity index (χ0) is 18.3. The van der Waals surface area contributed by atoms with Crippen LogP contribution in [0.2, 0.25) is 0 Å². The second kappa shape index (κ2) is 6.70. The van der Waals surface area contributed by atoms with E-state index in [1.807, 2.05) is 0 Å². The van der Waals surface area contributed by atoms with Crippen LogP contribution in [0.1, 0.15) is 24.1 Å². The molecule has 0 saturated carbocycles. The molecule has 2 saturated heterocycles. The molecule has 3 aliphatic rings. The van der Waals surface area contributed by atoms with Gasteiger partial charge in [-0.05, 0) is 6.42 Å². The predicted octanol–water partition coefficient (Wildman–Crippen LogP) is 0.441. The van der Waals surface area contributed by atoms with Crippen LogP contribution in [0.5, 0.6) is 6.01 Å². The van der Waals surface area contributed by atoms with Crippen LogP contribution in [0, 0.1) is 0 Å². The summed E-state index contributed by atoms with van der Waals surface area (Å²) >= 11 is 0. The number of hydrogen-bond acceptors (Lipinski definition) is 6. The van der Waals surface area contributed by atoms with Crippen LogP contribution in [-0.2, 0) is 17.8 Å². The van der Waals surface area contributed by atoms with Crippen molar-refractivity contribution in [3.8, 4) is 6.01 Å². The largest absolute Gasteiger partial charge is 0.467 e. The van der Waals surface area contributed by atoms with Gasteiger partial charge < -0.3 is 15.0 Å². The van der Waals surface area contributed by atoms with Gasteiger partial charge in [-0.15, -0.1) is 0 Å². The maximum absolute atomic E-state index is 13.4. The average molecular weight is 367 g/mol. The third kappa shape index (κ3) is 3.37. The Hall–Kier alpha value is -1.87. The molecule has 1 aromatic heterocycles. The molecular weight excluding hydrogens is 344 g/mol. The first-order valence-corrected chi connectivity index (χ1v) is 8.98. The number of alkyl halides is 2. The molecule has 0 aromatic carbocycles. The van der Waals surface area contributed by atoms with E-state index >= 15 is 0 Å². The second-order valence-corrected chi connectivity index (χ2v) is 7.27. The van der Waals surface area contributed by atoms with Crippen LogP contribution < -0.4 is 10.1 Å². The van der Waals surface area contributed by atoms with Gasteiger partial charge in [0.1, 0.15) is 0 Å². The van der Waals surface area contributed by atoms with Crippen molar-refractivity contribution in [2.24, 2.45) is 0 Å². The topological polar surface area (TPSA) is 70.6 Å². The number of nitrogens with one attached hydrogen (secondary N) is 1. The molecule has 1 N–H and O–H groups in total. The number of amides is 1. The van der Waals surface area contributed by atoms with Gasteiger partial charge in [-0.2, -0.15) is 4.98 Å². The van der Waals surface area contributed by atoms with Crippen molar-refractivity contribution in [2.45, 2.75) is 43.8 Å². The summed E-state index contributed by atoms with van der Waals surface area (Å²) < 4.78 is 31.8. The van der Waals surface area contributed by atoms with E-state index in [9.17, 15) is 13.6 Å². The maximum atomic E-state index is 13.4. The standard InChI is InChI=1S/C17H23F2N5O2/c1-26-16-21-7-11-9-23(4-2-13(11)22-16)12-6-14(20-8-12)15(25)24-5-3-17(18,19)10-24/h7,12,14,20H,2-6,8-10H2,1H3/t12-,14-/m0/s1. The molecule has 142 valence electrons. The highest BCUT2D eigenvalue weighted by molar-refractivity contribution is 5.82. The first-order chi connectivity index (χ1) is 12.4. The molecule has 0 unspecified atom stereocenters. The molecule has 2 fully saturated rings. The first-order valence-electron chi connectivity index (χ1n) is 8.98. The molecule has 0 bridgehead atoms. The Bertz CT molecular complexity index is 702. The van der Waals surface area contributed by atoms with Gasteiger partial charge in [-0.1, -0.05) is 0 Å². The minimum Gasteiger partial charge on any atom is -0.467 e. The van der Waals surface area contributed by atoms with Crippen LogP contribution >= 0.6 is 0 Å². The monoisotopic (exact) mass is 367 g/mol. The van der Waals surface area contributed by atoms with E-state index in [0.29, 0.717) is 19.0 Å². The van der Waals surface area contributed by atoms with Gasteiger partial charge in [-0.3, -0.25) is 9.69 Å². The third-order valence-electron chi connectivity index (χ3n) is 5.53. The van der Waals surface area contributed by atoms with E-state index in [2.05, 4.69) is 20.2 Å². The molecule has 1 amide bonds. The Balaban J connectivity index is 1.36. The summed E-state index contributed by atoms with van der Waals surface area (Å²) in [5.74, 6) is -2.94. The first kappa shape index (κ1) is 17.5. The number of hydrogen-bond donors (Lipinski definition) is 1. The molecule has 7 nitrogen and oxygen atoms in total. The zero-order valence-electron chi connectivity index (χ0n) is 14.8. The fraction of sp³-hybridized carbons (Fsp3) is 0.706. The lowest BCUT2D eigenvalue weighted by Gasteiger charge is -2.32. The smallest absolute Gasteiger partial charge is 0.316 e. The Morgan fingerprint density at radius 3 is 3.00 bits per heavy atom. The molecule has 9 heteroatoms. The number of methoxy groups -OCH3 is 1. The van der Waals surface area contributed by atoms with Gasteiger partial charge in [0, 0.05) is 56.8 Å². The number of nitrogens with zero attached hydrogens (tertiary/aromatic N) is 4. The Morgan fingerprint density at radius 1 is 1.42 bits per heavy atom. The molecule has 0 aliphatic carbocycles. The highest BCUT2D eigenvalue weighted by Gasteiger charge is 2.43. The molecular formula is C17H23F2N5O2. The van der Waals surface area contributed by atoms with E-state index in [-0.39, 0.29) is 31.0 Å². The summed E-state index contributed by atoms with van der Waals surface area (Å²) in [5, 5.41) is 3.22. The second-order valence-electron chi connectivity index (χ2n) is 7.27. The van der Waals surface area contributed by atoms with E-state index in [0.717, 1.165) is 30.8 Å². The number of ether oxygens (including phenoxy) is 1. The number of rotatable bonds is 3. The van der Waals surface area contributed by atoms with Crippen LogP contribution in [0.3, 0.4) is 0 Å². The highest BCUT2D eigenvalue weighted by atomic mass is 19.3. The van der Waals surface area contributed by atoms with E-state index in [1.165, 1.54) is 4.90 Å². The number of carbonyl (C=O) groups excluding carboxylic acids is 1. The summed E-state index contributed by atoms with van der Waals surface area (Å²) in [7, 11) is 1.55. The lowest BCUT2D eigenvalue weighted by molar-refractivity contribution is -0.133. The molecule has 4 rings (SSSR count). The molecule has 1 aromatic rings. The fourth-order valence-electron chi connectivity index (χ4n) is 4.06. The summed E-state index contributed by atoms with van der Waals surface area (Å²) in [6.45, 7) is 1.96. The predicted molar refractivity (Wildman–Crippen MR) is 89.0 cm³/mol. The maximum Gasteiger partial charge on any atom is 0.316 e. The van der Waals surface area contributed by atoms with Crippen LogP contribution in [0.15, 0.2) is 6.20 Å². The van der Waals surface area contributed by atoms with E-state index in [4.69, 9.17) is 4.74 Å². The van der Waals surface area contributed by atoms with Crippen molar-refractivity contribution in [1.29, 1.82) is 0 Å². The summed E-state index contributed by atoms with van der Waals surface area (Å²) in [5.41, 5.74) is 2.08. The van der Waals surface area contributed by atoms with Crippen molar-refractivity contribution in [3.63, 3.8) is 0 Å². The van der Waals surface area contributed by atoms with Crippen LogP contribution in [0.25, 0.3) is 0 Å². The van der Waals surface area contributed by atoms with Gasteiger partial charge >= 0.3 is 6.01 Å². The van der Waals surface area contributed by atoms with Crippen molar-refractivity contribution in [3.05, 3.63) is 17.5 Å². The molecule has 4 heterocycles. The molecule has 2 atom stereocenters. The zero-order valence-corrected chi connectivity index (χ0v) is 14.8. The Morgan fingerprint density at radius 2 is 2.27 bits per heavy atom. The van der Waals surface area contributed by atoms with Crippen LogP contribution in [-0.4, -0.2) is 77.0 Å². The Kier molecular flexibility index (Phi) is 4.52. The molecule has 0 radical (unpaired) electrons. The molecule has 3 aliphatic heterocycles. The van der Waals surface area contributed by atoms with Gasteiger partial charge in [0.15, 0.2) is 0 Å². The number of fused-ring (bicyclic) bond motifs is 1. The lowest BCUT2D eigenvalue weighted by Crippen LogP contribution is -2.43. The van der Waals surface area contributed by atoms with Crippen molar-refractivity contribution < 1.29 is 18.3 Å². The van der Waals surface area contributed by atoms with Gasteiger partial charge in [0.05, 0.1) is 25.4 Å². The highest BCUT2D eigenvalue weighted by Crippen LogP contribution is 2.29. The van der Waals surface area contributed by atoms with Crippen LogP contribution in [0.4, 0.5) is 8.78 Å².